The Morgan fingerprint density at radius 2 is 1.95 bits per heavy atom. The molecule has 0 radical (unpaired) electrons. The van der Waals surface area contributed by atoms with Gasteiger partial charge in [0.2, 0.25) is 5.91 Å². The summed E-state index contributed by atoms with van der Waals surface area (Å²) in [6, 6.07) is 7.19. The van der Waals surface area contributed by atoms with Gasteiger partial charge in [-0.15, -0.1) is 11.8 Å². The van der Waals surface area contributed by atoms with Gasteiger partial charge in [0.1, 0.15) is 0 Å². The molecule has 6 heteroatoms. The van der Waals surface area contributed by atoms with Crippen LogP contribution >= 0.6 is 11.8 Å². The summed E-state index contributed by atoms with van der Waals surface area (Å²) >= 11 is 1.39. The van der Waals surface area contributed by atoms with Gasteiger partial charge in [-0.05, 0) is 37.6 Å². The van der Waals surface area contributed by atoms with Gasteiger partial charge in [0.05, 0.1) is 5.25 Å². The van der Waals surface area contributed by atoms with Crippen molar-refractivity contribution >= 4 is 23.7 Å². The van der Waals surface area contributed by atoms with Crippen molar-refractivity contribution in [3.05, 3.63) is 29.8 Å². The van der Waals surface area contributed by atoms with E-state index in [1.165, 1.54) is 17.3 Å². The van der Waals surface area contributed by atoms with Crippen LogP contribution in [0.1, 0.15) is 25.8 Å². The third-order valence-corrected chi connectivity index (χ3v) is 3.72. The molecule has 5 nitrogen and oxygen atoms in total. The quantitative estimate of drug-likeness (QED) is 0.529. The Kier molecular flexibility index (Phi) is 7.11. The summed E-state index contributed by atoms with van der Waals surface area (Å²) in [5, 5.41) is 5.04. The van der Waals surface area contributed by atoms with E-state index in [1.807, 2.05) is 24.3 Å². The fourth-order valence-corrected chi connectivity index (χ4v) is 2.44. The van der Waals surface area contributed by atoms with Gasteiger partial charge in [0.25, 0.3) is 0 Å². The Balaban J connectivity index is 2.48. The van der Waals surface area contributed by atoms with Crippen molar-refractivity contribution in [2.24, 2.45) is 5.73 Å². The van der Waals surface area contributed by atoms with Crippen molar-refractivity contribution in [1.82, 2.24) is 10.6 Å². The van der Waals surface area contributed by atoms with Crippen LogP contribution in [0, 0.1) is 0 Å². The second kappa shape index (κ2) is 8.60. The number of nitrogens with two attached hydrogens (primary N) is 1. The Hall–Kier alpha value is -1.53. The lowest BCUT2D eigenvalue weighted by Gasteiger charge is -2.10. The molecular formula is C14H21N3O2S. The molecule has 1 aromatic carbocycles. The standard InChI is InChI=1S/C14H21N3O2S/c1-3-8-16-9-11-4-6-12(7-5-11)20-10(2)13(18)17-14(15)19/h4-7,10,16H,3,8-9H2,1-2H3,(H3,15,17,18,19). The number of benzene rings is 1. The lowest BCUT2D eigenvalue weighted by atomic mass is 10.2. The lowest BCUT2D eigenvalue weighted by molar-refractivity contribution is -0.119. The van der Waals surface area contributed by atoms with Crippen LogP contribution in [0.25, 0.3) is 0 Å². The van der Waals surface area contributed by atoms with Crippen LogP contribution in [0.3, 0.4) is 0 Å². The van der Waals surface area contributed by atoms with E-state index in [1.54, 1.807) is 6.92 Å². The fraction of sp³-hybridized carbons (Fsp3) is 0.429. The zero-order valence-electron chi connectivity index (χ0n) is 11.8. The number of urea groups is 1. The highest BCUT2D eigenvalue weighted by Gasteiger charge is 2.15. The topological polar surface area (TPSA) is 84.2 Å². The van der Waals surface area contributed by atoms with Crippen LogP contribution in [-0.4, -0.2) is 23.7 Å². The van der Waals surface area contributed by atoms with Crippen molar-refractivity contribution in [2.75, 3.05) is 6.54 Å². The Bertz CT molecular complexity index is 448. The van der Waals surface area contributed by atoms with E-state index in [4.69, 9.17) is 5.73 Å². The Labute approximate surface area is 123 Å². The van der Waals surface area contributed by atoms with Crippen molar-refractivity contribution in [3.8, 4) is 0 Å². The normalized spacial score (nSPS) is 11.9. The van der Waals surface area contributed by atoms with Crippen LogP contribution in [0.4, 0.5) is 4.79 Å². The number of thioether (sulfide) groups is 1. The van der Waals surface area contributed by atoms with Crippen molar-refractivity contribution in [2.45, 2.75) is 37.0 Å². The number of hydrogen-bond donors (Lipinski definition) is 3. The first-order chi connectivity index (χ1) is 9.52. The number of rotatable bonds is 7. The second-order valence-electron chi connectivity index (χ2n) is 4.43. The summed E-state index contributed by atoms with van der Waals surface area (Å²) in [7, 11) is 0. The highest BCUT2D eigenvalue weighted by molar-refractivity contribution is 8.00. The maximum atomic E-state index is 11.6. The number of imide groups is 1. The molecule has 3 amide bonds. The number of carbonyl (C=O) groups excluding carboxylic acids is 2. The molecule has 20 heavy (non-hydrogen) atoms. The number of carbonyl (C=O) groups is 2. The highest BCUT2D eigenvalue weighted by atomic mass is 32.2. The number of nitrogens with one attached hydrogen (secondary N) is 2. The maximum Gasteiger partial charge on any atom is 0.318 e. The molecule has 0 fully saturated rings. The predicted molar refractivity (Wildman–Crippen MR) is 81.5 cm³/mol. The molecule has 1 rings (SSSR count). The summed E-state index contributed by atoms with van der Waals surface area (Å²) in [5.41, 5.74) is 6.12. The SMILES string of the molecule is CCCNCc1ccc(SC(C)C(=O)NC(N)=O)cc1. The Morgan fingerprint density at radius 1 is 1.30 bits per heavy atom. The van der Waals surface area contributed by atoms with Crippen LogP contribution in [0.2, 0.25) is 0 Å². The minimum absolute atomic E-state index is 0.369. The summed E-state index contributed by atoms with van der Waals surface area (Å²) < 4.78 is 0. The first kappa shape index (κ1) is 16.5. The average molecular weight is 295 g/mol. The molecule has 0 aliphatic carbocycles. The summed E-state index contributed by atoms with van der Waals surface area (Å²) in [5.74, 6) is -0.379. The first-order valence-corrected chi connectivity index (χ1v) is 7.47. The van der Waals surface area contributed by atoms with Crippen molar-refractivity contribution < 1.29 is 9.59 Å². The number of amides is 3. The molecule has 110 valence electrons. The molecule has 0 saturated heterocycles. The molecule has 0 aromatic heterocycles. The zero-order chi connectivity index (χ0) is 15.0. The third kappa shape index (κ3) is 6.08. The van der Waals surface area contributed by atoms with Gasteiger partial charge in [0.15, 0.2) is 0 Å². The summed E-state index contributed by atoms with van der Waals surface area (Å²) in [4.78, 5) is 23.1. The minimum Gasteiger partial charge on any atom is -0.351 e. The van der Waals surface area contributed by atoms with Crippen LogP contribution in [0.5, 0.6) is 0 Å². The average Bonchev–Trinajstić information content (AvgIpc) is 2.40. The lowest BCUT2D eigenvalue weighted by Crippen LogP contribution is -2.39. The molecule has 0 saturated carbocycles. The number of hydrogen-bond acceptors (Lipinski definition) is 4. The molecule has 0 heterocycles. The molecule has 0 spiro atoms. The molecular weight excluding hydrogens is 274 g/mol. The molecule has 0 aliphatic heterocycles. The van der Waals surface area contributed by atoms with Crippen LogP contribution < -0.4 is 16.4 Å². The van der Waals surface area contributed by atoms with E-state index >= 15 is 0 Å². The monoisotopic (exact) mass is 295 g/mol. The first-order valence-electron chi connectivity index (χ1n) is 6.59. The molecule has 0 aliphatic rings. The molecule has 1 unspecified atom stereocenters. The highest BCUT2D eigenvalue weighted by Crippen LogP contribution is 2.23. The van der Waals surface area contributed by atoms with Gasteiger partial charge in [0, 0.05) is 11.4 Å². The summed E-state index contributed by atoms with van der Waals surface area (Å²) in [6.45, 7) is 5.71. The van der Waals surface area contributed by atoms with Crippen LogP contribution in [-0.2, 0) is 11.3 Å². The van der Waals surface area contributed by atoms with E-state index in [2.05, 4.69) is 17.6 Å². The summed E-state index contributed by atoms with van der Waals surface area (Å²) in [6.07, 6.45) is 1.11. The van der Waals surface area contributed by atoms with E-state index in [-0.39, 0.29) is 11.2 Å². The van der Waals surface area contributed by atoms with Gasteiger partial charge in [-0.2, -0.15) is 0 Å². The van der Waals surface area contributed by atoms with Crippen LogP contribution in [0.15, 0.2) is 29.2 Å². The largest absolute Gasteiger partial charge is 0.351 e. The van der Waals surface area contributed by atoms with Gasteiger partial charge >= 0.3 is 6.03 Å². The predicted octanol–water partition coefficient (Wildman–Crippen LogP) is 1.86. The number of primary amides is 1. The van der Waals surface area contributed by atoms with Gasteiger partial charge in [-0.3, -0.25) is 10.1 Å². The van der Waals surface area contributed by atoms with E-state index < -0.39 is 6.03 Å². The molecule has 0 bridgehead atoms. The molecule has 1 aromatic rings. The van der Waals surface area contributed by atoms with E-state index in [0.29, 0.717) is 0 Å². The molecule has 1 atom stereocenters. The second-order valence-corrected chi connectivity index (χ2v) is 5.85. The van der Waals surface area contributed by atoms with Crippen molar-refractivity contribution in [3.63, 3.8) is 0 Å². The van der Waals surface area contributed by atoms with Gasteiger partial charge < -0.3 is 11.1 Å². The smallest absolute Gasteiger partial charge is 0.318 e. The van der Waals surface area contributed by atoms with Gasteiger partial charge in [-0.25, -0.2) is 4.79 Å². The fourth-order valence-electron chi connectivity index (χ4n) is 1.58. The minimum atomic E-state index is -0.820. The zero-order valence-corrected chi connectivity index (χ0v) is 12.6. The van der Waals surface area contributed by atoms with E-state index in [0.717, 1.165) is 24.4 Å². The van der Waals surface area contributed by atoms with Gasteiger partial charge in [-0.1, -0.05) is 19.1 Å². The van der Waals surface area contributed by atoms with Crippen molar-refractivity contribution in [1.29, 1.82) is 0 Å². The molecule has 4 N–H and O–H groups in total. The maximum absolute atomic E-state index is 11.6. The third-order valence-electron chi connectivity index (χ3n) is 2.61. The Morgan fingerprint density at radius 3 is 2.50 bits per heavy atom. The van der Waals surface area contributed by atoms with E-state index in [9.17, 15) is 9.59 Å².